The SMILES string of the molecule is COc1cccc(CNc2ccc(N3CCOCC3)cc2)c1OCc1ccc(Cl)c(Cl)c1. The Kier molecular flexibility index (Phi) is 7.63. The molecule has 0 atom stereocenters. The molecule has 0 radical (unpaired) electrons. The first-order chi connectivity index (χ1) is 15.6. The van der Waals surface area contributed by atoms with Crippen LogP contribution in [0.2, 0.25) is 10.0 Å². The van der Waals surface area contributed by atoms with Gasteiger partial charge in [0.2, 0.25) is 0 Å². The molecule has 168 valence electrons. The van der Waals surface area contributed by atoms with Gasteiger partial charge in [0.05, 0.1) is 30.4 Å². The number of halogens is 2. The van der Waals surface area contributed by atoms with Crippen molar-refractivity contribution in [3.05, 3.63) is 81.8 Å². The van der Waals surface area contributed by atoms with Crippen LogP contribution >= 0.6 is 23.2 Å². The quantitative estimate of drug-likeness (QED) is 0.433. The third-order valence-corrected chi connectivity index (χ3v) is 6.11. The van der Waals surface area contributed by atoms with Gasteiger partial charge in [0.1, 0.15) is 6.61 Å². The molecule has 0 aliphatic carbocycles. The summed E-state index contributed by atoms with van der Waals surface area (Å²) in [5.41, 5.74) is 4.19. The van der Waals surface area contributed by atoms with Crippen molar-refractivity contribution in [3.8, 4) is 11.5 Å². The molecule has 5 nitrogen and oxygen atoms in total. The molecule has 1 fully saturated rings. The molecule has 3 aromatic rings. The lowest BCUT2D eigenvalue weighted by atomic mass is 10.1. The minimum Gasteiger partial charge on any atom is -0.493 e. The Balaban J connectivity index is 1.43. The van der Waals surface area contributed by atoms with E-state index in [1.165, 1.54) is 5.69 Å². The highest BCUT2D eigenvalue weighted by Gasteiger charge is 2.13. The fourth-order valence-electron chi connectivity index (χ4n) is 3.62. The number of hydrogen-bond donors (Lipinski definition) is 1. The molecule has 0 saturated carbocycles. The fraction of sp³-hybridized carbons (Fsp3) is 0.280. The van der Waals surface area contributed by atoms with E-state index >= 15 is 0 Å². The van der Waals surface area contributed by atoms with Crippen LogP contribution in [-0.2, 0) is 17.9 Å². The van der Waals surface area contributed by atoms with Crippen LogP contribution in [0.1, 0.15) is 11.1 Å². The van der Waals surface area contributed by atoms with Gasteiger partial charge in [0, 0.05) is 36.6 Å². The number of nitrogens with zero attached hydrogens (tertiary/aromatic N) is 1. The zero-order valence-electron chi connectivity index (χ0n) is 17.9. The first kappa shape index (κ1) is 22.6. The topological polar surface area (TPSA) is 43.0 Å². The number of anilines is 2. The van der Waals surface area contributed by atoms with E-state index in [0.717, 1.165) is 43.1 Å². The van der Waals surface area contributed by atoms with Crippen molar-refractivity contribution in [2.24, 2.45) is 0 Å². The number of methoxy groups -OCH3 is 1. The van der Waals surface area contributed by atoms with Crippen molar-refractivity contribution in [2.45, 2.75) is 13.2 Å². The van der Waals surface area contributed by atoms with E-state index in [1.54, 1.807) is 13.2 Å². The second-order valence-corrected chi connectivity index (χ2v) is 8.30. The van der Waals surface area contributed by atoms with E-state index in [0.29, 0.717) is 34.7 Å². The second-order valence-electron chi connectivity index (χ2n) is 7.49. The number of morpholine rings is 1. The van der Waals surface area contributed by atoms with Gasteiger partial charge in [0.15, 0.2) is 11.5 Å². The van der Waals surface area contributed by atoms with E-state index in [9.17, 15) is 0 Å². The second kappa shape index (κ2) is 10.8. The lowest BCUT2D eigenvalue weighted by Gasteiger charge is -2.29. The summed E-state index contributed by atoms with van der Waals surface area (Å²) in [7, 11) is 1.64. The Morgan fingerprint density at radius 2 is 1.75 bits per heavy atom. The summed E-state index contributed by atoms with van der Waals surface area (Å²) in [6, 6.07) is 19.8. The van der Waals surface area contributed by atoms with Gasteiger partial charge in [-0.1, -0.05) is 41.4 Å². The van der Waals surface area contributed by atoms with Crippen molar-refractivity contribution in [3.63, 3.8) is 0 Å². The van der Waals surface area contributed by atoms with Crippen LogP contribution in [0.15, 0.2) is 60.7 Å². The molecular weight excluding hydrogens is 447 g/mol. The van der Waals surface area contributed by atoms with Gasteiger partial charge in [-0.3, -0.25) is 0 Å². The average molecular weight is 473 g/mol. The maximum Gasteiger partial charge on any atom is 0.166 e. The maximum atomic E-state index is 6.14. The third-order valence-electron chi connectivity index (χ3n) is 5.37. The lowest BCUT2D eigenvalue weighted by Crippen LogP contribution is -2.36. The fourth-order valence-corrected chi connectivity index (χ4v) is 3.94. The molecule has 0 bridgehead atoms. The zero-order valence-corrected chi connectivity index (χ0v) is 19.5. The summed E-state index contributed by atoms with van der Waals surface area (Å²) < 4.78 is 17.1. The van der Waals surface area contributed by atoms with Gasteiger partial charge in [-0.15, -0.1) is 0 Å². The van der Waals surface area contributed by atoms with Gasteiger partial charge >= 0.3 is 0 Å². The summed E-state index contributed by atoms with van der Waals surface area (Å²) >= 11 is 12.1. The van der Waals surface area contributed by atoms with Gasteiger partial charge in [-0.2, -0.15) is 0 Å². The molecule has 1 N–H and O–H groups in total. The number of nitrogens with one attached hydrogen (secondary N) is 1. The monoisotopic (exact) mass is 472 g/mol. The van der Waals surface area contributed by atoms with E-state index in [4.69, 9.17) is 37.4 Å². The molecule has 0 aromatic heterocycles. The normalized spacial score (nSPS) is 13.7. The van der Waals surface area contributed by atoms with Crippen molar-refractivity contribution < 1.29 is 14.2 Å². The van der Waals surface area contributed by atoms with E-state index < -0.39 is 0 Å². The van der Waals surface area contributed by atoms with Crippen LogP contribution in [0, 0.1) is 0 Å². The summed E-state index contributed by atoms with van der Waals surface area (Å²) in [4.78, 5) is 2.34. The molecule has 32 heavy (non-hydrogen) atoms. The molecule has 0 spiro atoms. The molecule has 7 heteroatoms. The Labute approximate surface area is 198 Å². The van der Waals surface area contributed by atoms with Crippen molar-refractivity contribution in [1.82, 2.24) is 0 Å². The van der Waals surface area contributed by atoms with Crippen LogP contribution in [-0.4, -0.2) is 33.4 Å². The van der Waals surface area contributed by atoms with Crippen LogP contribution in [0.5, 0.6) is 11.5 Å². The predicted molar refractivity (Wildman–Crippen MR) is 131 cm³/mol. The maximum absolute atomic E-state index is 6.14. The predicted octanol–water partition coefficient (Wildman–Crippen LogP) is 6.03. The smallest absolute Gasteiger partial charge is 0.166 e. The molecule has 0 amide bonds. The number of benzene rings is 3. The van der Waals surface area contributed by atoms with Crippen LogP contribution in [0.3, 0.4) is 0 Å². The van der Waals surface area contributed by atoms with E-state index in [-0.39, 0.29) is 0 Å². The van der Waals surface area contributed by atoms with Crippen LogP contribution in [0.4, 0.5) is 11.4 Å². The summed E-state index contributed by atoms with van der Waals surface area (Å²) in [5.74, 6) is 1.39. The Hall–Kier alpha value is -2.60. The first-order valence-corrected chi connectivity index (χ1v) is 11.3. The third kappa shape index (κ3) is 5.60. The number of para-hydroxylation sites is 1. The van der Waals surface area contributed by atoms with E-state index in [2.05, 4.69) is 34.5 Å². The Morgan fingerprint density at radius 3 is 2.47 bits per heavy atom. The summed E-state index contributed by atoms with van der Waals surface area (Å²) in [6.07, 6.45) is 0. The summed E-state index contributed by atoms with van der Waals surface area (Å²) in [5, 5.41) is 4.51. The van der Waals surface area contributed by atoms with Crippen LogP contribution in [0.25, 0.3) is 0 Å². The Morgan fingerprint density at radius 1 is 0.969 bits per heavy atom. The van der Waals surface area contributed by atoms with Crippen molar-refractivity contribution in [1.29, 1.82) is 0 Å². The Bertz CT molecular complexity index is 1040. The molecule has 1 saturated heterocycles. The first-order valence-electron chi connectivity index (χ1n) is 10.5. The molecule has 1 heterocycles. The van der Waals surface area contributed by atoms with Gasteiger partial charge < -0.3 is 24.4 Å². The summed E-state index contributed by atoms with van der Waals surface area (Å²) in [6.45, 7) is 4.37. The van der Waals surface area contributed by atoms with Gasteiger partial charge in [-0.25, -0.2) is 0 Å². The molecule has 4 rings (SSSR count). The minimum absolute atomic E-state index is 0.360. The molecular formula is C25H26Cl2N2O3. The molecule has 1 aliphatic heterocycles. The average Bonchev–Trinajstić information content (AvgIpc) is 2.84. The van der Waals surface area contributed by atoms with Crippen LogP contribution < -0.4 is 19.7 Å². The van der Waals surface area contributed by atoms with E-state index in [1.807, 2.05) is 30.3 Å². The highest BCUT2D eigenvalue weighted by atomic mass is 35.5. The number of hydrogen-bond acceptors (Lipinski definition) is 5. The molecule has 0 unspecified atom stereocenters. The lowest BCUT2D eigenvalue weighted by molar-refractivity contribution is 0.122. The van der Waals surface area contributed by atoms with Crippen molar-refractivity contribution >= 4 is 34.6 Å². The highest BCUT2D eigenvalue weighted by Crippen LogP contribution is 2.33. The highest BCUT2D eigenvalue weighted by molar-refractivity contribution is 6.42. The number of ether oxygens (including phenoxy) is 3. The molecule has 3 aromatic carbocycles. The minimum atomic E-state index is 0.360. The van der Waals surface area contributed by atoms with Crippen molar-refractivity contribution in [2.75, 3.05) is 43.6 Å². The molecule has 1 aliphatic rings. The van der Waals surface area contributed by atoms with Gasteiger partial charge in [0.25, 0.3) is 0 Å². The number of rotatable bonds is 8. The largest absolute Gasteiger partial charge is 0.493 e. The zero-order chi connectivity index (χ0) is 22.3. The standard InChI is InChI=1S/C25H26Cl2N2O3/c1-30-24-4-2-3-19(25(24)32-17-18-5-10-22(26)23(27)15-18)16-28-20-6-8-21(9-7-20)29-11-13-31-14-12-29/h2-10,15,28H,11-14,16-17H2,1H3. The van der Waals surface area contributed by atoms with Gasteiger partial charge in [-0.05, 0) is 48.0 Å².